The number of hydrogen-bond donors (Lipinski definition) is 1. The predicted molar refractivity (Wildman–Crippen MR) is 138 cm³/mol. The van der Waals surface area contributed by atoms with Gasteiger partial charge in [0, 0.05) is 17.3 Å². The van der Waals surface area contributed by atoms with Gasteiger partial charge in [0.05, 0.1) is 31.4 Å². The van der Waals surface area contributed by atoms with E-state index in [0.717, 1.165) is 0 Å². The average Bonchev–Trinajstić information content (AvgIpc) is 3.16. The van der Waals surface area contributed by atoms with Crippen LogP contribution in [0.1, 0.15) is 37.9 Å². The summed E-state index contributed by atoms with van der Waals surface area (Å²) in [6, 6.07) is 20.2. The number of rotatable bonds is 9. The smallest absolute Gasteiger partial charge is 0.300 e. The molecular formula is C29H29NO6. The highest BCUT2D eigenvalue weighted by molar-refractivity contribution is 6.51. The molecule has 0 spiro atoms. The minimum absolute atomic E-state index is 0.0159. The first-order chi connectivity index (χ1) is 17.5. The molecule has 0 aliphatic carbocycles. The van der Waals surface area contributed by atoms with Crippen molar-refractivity contribution in [3.63, 3.8) is 0 Å². The van der Waals surface area contributed by atoms with Crippen LogP contribution in [0.25, 0.3) is 5.76 Å². The summed E-state index contributed by atoms with van der Waals surface area (Å²) < 4.78 is 16.9. The quantitative estimate of drug-likeness (QED) is 0.243. The molecule has 3 aromatic carbocycles. The van der Waals surface area contributed by atoms with Crippen molar-refractivity contribution in [2.24, 2.45) is 0 Å². The van der Waals surface area contributed by atoms with Gasteiger partial charge in [-0.1, -0.05) is 30.3 Å². The van der Waals surface area contributed by atoms with E-state index in [0.29, 0.717) is 53.9 Å². The normalized spacial score (nSPS) is 16.8. The van der Waals surface area contributed by atoms with Crippen LogP contribution in [0.15, 0.2) is 78.4 Å². The lowest BCUT2D eigenvalue weighted by Crippen LogP contribution is -2.29. The molecule has 3 aromatic rings. The number of nitrogens with zero attached hydrogens (tertiary/aromatic N) is 1. The first-order valence-electron chi connectivity index (χ1n) is 12.0. The fourth-order valence-corrected chi connectivity index (χ4v) is 4.27. The van der Waals surface area contributed by atoms with Crippen molar-refractivity contribution >= 4 is 23.1 Å². The third kappa shape index (κ3) is 4.77. The summed E-state index contributed by atoms with van der Waals surface area (Å²) in [5.41, 5.74) is 1.58. The molecule has 1 aliphatic heterocycles. The van der Waals surface area contributed by atoms with E-state index in [1.165, 1.54) is 4.90 Å². The van der Waals surface area contributed by atoms with Gasteiger partial charge in [-0.3, -0.25) is 14.5 Å². The molecule has 7 heteroatoms. The second-order valence-electron chi connectivity index (χ2n) is 8.03. The van der Waals surface area contributed by atoms with E-state index in [2.05, 4.69) is 0 Å². The van der Waals surface area contributed by atoms with Crippen molar-refractivity contribution in [1.82, 2.24) is 0 Å². The van der Waals surface area contributed by atoms with E-state index in [1.807, 2.05) is 51.1 Å². The van der Waals surface area contributed by atoms with Gasteiger partial charge in [-0.2, -0.15) is 0 Å². The summed E-state index contributed by atoms with van der Waals surface area (Å²) in [5.74, 6) is -0.0805. The second-order valence-corrected chi connectivity index (χ2v) is 8.03. The van der Waals surface area contributed by atoms with Crippen LogP contribution >= 0.6 is 0 Å². The van der Waals surface area contributed by atoms with Crippen molar-refractivity contribution in [1.29, 1.82) is 0 Å². The van der Waals surface area contributed by atoms with Crippen molar-refractivity contribution < 1.29 is 28.9 Å². The van der Waals surface area contributed by atoms with Crippen LogP contribution in [0.5, 0.6) is 17.2 Å². The van der Waals surface area contributed by atoms with Crippen LogP contribution < -0.4 is 19.1 Å². The third-order valence-corrected chi connectivity index (χ3v) is 5.80. The molecule has 4 rings (SSSR count). The van der Waals surface area contributed by atoms with Gasteiger partial charge in [-0.15, -0.1) is 0 Å². The van der Waals surface area contributed by atoms with Gasteiger partial charge in [-0.05, 0) is 62.7 Å². The van der Waals surface area contributed by atoms with Gasteiger partial charge >= 0.3 is 0 Å². The number of ketones is 1. The van der Waals surface area contributed by atoms with E-state index in [9.17, 15) is 14.7 Å². The predicted octanol–water partition coefficient (Wildman–Crippen LogP) is 5.51. The first-order valence-corrected chi connectivity index (χ1v) is 12.0. The molecule has 0 aromatic heterocycles. The van der Waals surface area contributed by atoms with Crippen LogP contribution in [-0.4, -0.2) is 36.6 Å². The zero-order chi connectivity index (χ0) is 25.7. The Morgan fingerprint density at radius 3 is 2.08 bits per heavy atom. The molecule has 36 heavy (non-hydrogen) atoms. The van der Waals surface area contributed by atoms with Gasteiger partial charge in [0.2, 0.25) is 0 Å². The number of anilines is 1. The second kappa shape index (κ2) is 11.0. The summed E-state index contributed by atoms with van der Waals surface area (Å²) in [4.78, 5) is 28.1. The molecule has 0 radical (unpaired) electrons. The first kappa shape index (κ1) is 24.9. The molecule has 1 saturated heterocycles. The number of aliphatic hydroxyl groups excluding tert-OH is 1. The number of aliphatic hydroxyl groups is 1. The lowest BCUT2D eigenvalue weighted by Gasteiger charge is -2.26. The highest BCUT2D eigenvalue weighted by Crippen LogP contribution is 2.44. The highest BCUT2D eigenvalue weighted by Gasteiger charge is 2.47. The number of ether oxygens (including phenoxy) is 3. The van der Waals surface area contributed by atoms with Gasteiger partial charge in [0.15, 0.2) is 11.5 Å². The lowest BCUT2D eigenvalue weighted by molar-refractivity contribution is -0.132. The zero-order valence-electron chi connectivity index (χ0n) is 20.6. The molecule has 0 bridgehead atoms. The van der Waals surface area contributed by atoms with Crippen LogP contribution in [0, 0.1) is 0 Å². The zero-order valence-corrected chi connectivity index (χ0v) is 20.6. The van der Waals surface area contributed by atoms with Crippen molar-refractivity contribution in [3.8, 4) is 17.2 Å². The molecule has 7 nitrogen and oxygen atoms in total. The van der Waals surface area contributed by atoms with Gasteiger partial charge in [0.25, 0.3) is 11.7 Å². The minimum atomic E-state index is -0.829. The SMILES string of the molecule is CCOc1ccc(/C(O)=C2\C(=O)C(=O)N(c3ccc(OCC)c(OCC)c3)C2c2ccccc2)cc1. The third-order valence-electron chi connectivity index (χ3n) is 5.80. The van der Waals surface area contributed by atoms with Crippen molar-refractivity contribution in [2.75, 3.05) is 24.7 Å². The van der Waals surface area contributed by atoms with Crippen LogP contribution in [0.2, 0.25) is 0 Å². The molecule has 1 fully saturated rings. The van der Waals surface area contributed by atoms with E-state index < -0.39 is 17.7 Å². The number of hydrogen-bond acceptors (Lipinski definition) is 6. The van der Waals surface area contributed by atoms with Crippen LogP contribution in [0.3, 0.4) is 0 Å². The molecule has 0 saturated carbocycles. The molecule has 1 atom stereocenters. The number of carbonyl (C=O) groups is 2. The summed E-state index contributed by atoms with van der Waals surface area (Å²) in [7, 11) is 0. The number of carbonyl (C=O) groups excluding carboxylic acids is 2. The number of Topliss-reactive ketones (excluding diaryl/α,β-unsaturated/α-hetero) is 1. The average molecular weight is 488 g/mol. The van der Waals surface area contributed by atoms with E-state index in [-0.39, 0.29) is 11.3 Å². The van der Waals surface area contributed by atoms with Crippen molar-refractivity contribution in [2.45, 2.75) is 26.8 Å². The molecular weight excluding hydrogens is 458 g/mol. The molecule has 1 amide bonds. The Labute approximate surface area is 210 Å². The lowest BCUT2D eigenvalue weighted by atomic mass is 9.95. The van der Waals surface area contributed by atoms with E-state index in [1.54, 1.807) is 42.5 Å². The van der Waals surface area contributed by atoms with Gasteiger partial charge in [0.1, 0.15) is 11.5 Å². The molecule has 1 N–H and O–H groups in total. The summed E-state index contributed by atoms with van der Waals surface area (Å²) in [6.45, 7) is 6.98. The Morgan fingerprint density at radius 2 is 1.44 bits per heavy atom. The maximum Gasteiger partial charge on any atom is 0.300 e. The number of benzene rings is 3. The number of amides is 1. The summed E-state index contributed by atoms with van der Waals surface area (Å²) in [6.07, 6.45) is 0. The monoisotopic (exact) mass is 487 g/mol. The van der Waals surface area contributed by atoms with E-state index >= 15 is 0 Å². The van der Waals surface area contributed by atoms with Gasteiger partial charge in [-0.25, -0.2) is 0 Å². The Morgan fingerprint density at radius 1 is 0.806 bits per heavy atom. The van der Waals surface area contributed by atoms with Crippen LogP contribution in [0.4, 0.5) is 5.69 Å². The van der Waals surface area contributed by atoms with E-state index in [4.69, 9.17) is 14.2 Å². The van der Waals surface area contributed by atoms with Crippen molar-refractivity contribution in [3.05, 3.63) is 89.5 Å². The summed E-state index contributed by atoms with van der Waals surface area (Å²) in [5, 5.41) is 11.3. The Bertz CT molecular complexity index is 1270. The van der Waals surface area contributed by atoms with Gasteiger partial charge < -0.3 is 19.3 Å². The Balaban J connectivity index is 1.86. The standard InChI is InChI=1S/C29H29NO6/c1-4-34-22-15-12-20(13-16-22)27(31)25-26(19-10-8-7-9-11-19)30(29(33)28(25)32)21-14-17-23(35-5-2)24(18-21)36-6-3/h7-18,26,31H,4-6H2,1-3H3/b27-25+. The maximum atomic E-state index is 13.4. The fraction of sp³-hybridized carbons (Fsp3) is 0.241. The molecule has 186 valence electrons. The topological polar surface area (TPSA) is 85.3 Å². The molecule has 1 aliphatic rings. The Hall–Kier alpha value is -4.26. The minimum Gasteiger partial charge on any atom is -0.507 e. The Kier molecular flexibility index (Phi) is 7.59. The van der Waals surface area contributed by atoms with Crippen LogP contribution in [-0.2, 0) is 9.59 Å². The molecule has 1 heterocycles. The molecule has 1 unspecified atom stereocenters. The summed E-state index contributed by atoms with van der Waals surface area (Å²) >= 11 is 0. The maximum absolute atomic E-state index is 13.4. The largest absolute Gasteiger partial charge is 0.507 e. The highest BCUT2D eigenvalue weighted by atomic mass is 16.5. The fourth-order valence-electron chi connectivity index (χ4n) is 4.27.